The van der Waals surface area contributed by atoms with Gasteiger partial charge in [-0.25, -0.2) is 0 Å². The highest BCUT2D eigenvalue weighted by Gasteiger charge is 2.01. The zero-order valence-corrected chi connectivity index (χ0v) is 12.1. The summed E-state index contributed by atoms with van der Waals surface area (Å²) in [6.07, 6.45) is 12.9. The predicted molar refractivity (Wildman–Crippen MR) is 75.7 cm³/mol. The summed E-state index contributed by atoms with van der Waals surface area (Å²) < 4.78 is 0. The van der Waals surface area contributed by atoms with Crippen LogP contribution in [0.4, 0.5) is 0 Å². The van der Waals surface area contributed by atoms with Crippen molar-refractivity contribution in [2.45, 2.75) is 73.1 Å². The molecule has 0 aromatic rings. The lowest BCUT2D eigenvalue weighted by Crippen LogP contribution is -1.95. The first kappa shape index (κ1) is 15.7. The van der Waals surface area contributed by atoms with E-state index in [9.17, 15) is 0 Å². The Labute approximate surface area is 104 Å². The van der Waals surface area contributed by atoms with Crippen molar-refractivity contribution in [1.29, 1.82) is 0 Å². The van der Waals surface area contributed by atoms with E-state index in [4.69, 9.17) is 0 Å². The van der Waals surface area contributed by atoms with Crippen LogP contribution in [-0.2, 0) is 0 Å². The van der Waals surface area contributed by atoms with Crippen molar-refractivity contribution in [3.8, 4) is 0 Å². The van der Waals surface area contributed by atoms with E-state index in [2.05, 4.69) is 46.8 Å². The first-order chi connectivity index (χ1) is 7.56. The molecule has 0 aromatic heterocycles. The minimum atomic E-state index is 0.774. The van der Waals surface area contributed by atoms with Crippen LogP contribution in [0.2, 0.25) is 0 Å². The van der Waals surface area contributed by atoms with Crippen LogP contribution in [0, 0.1) is 17.8 Å². The number of allylic oxidation sites excluding steroid dienone is 2. The number of rotatable bonds is 9. The fourth-order valence-electron chi connectivity index (χ4n) is 1.85. The Morgan fingerprint density at radius 1 is 0.938 bits per heavy atom. The van der Waals surface area contributed by atoms with E-state index < -0.39 is 0 Å². The van der Waals surface area contributed by atoms with Crippen LogP contribution in [-0.4, -0.2) is 0 Å². The Balaban J connectivity index is 3.46. The van der Waals surface area contributed by atoms with Gasteiger partial charge in [-0.3, -0.25) is 0 Å². The monoisotopic (exact) mass is 224 g/mol. The van der Waals surface area contributed by atoms with Gasteiger partial charge in [0.15, 0.2) is 0 Å². The molecule has 0 nitrogen and oxygen atoms in total. The van der Waals surface area contributed by atoms with Gasteiger partial charge in [-0.05, 0) is 37.0 Å². The molecule has 0 N–H and O–H groups in total. The molecular formula is C16H32. The molecule has 0 amide bonds. The predicted octanol–water partition coefficient (Wildman–Crippen LogP) is 5.83. The minimum Gasteiger partial charge on any atom is -0.0883 e. The zero-order valence-electron chi connectivity index (χ0n) is 12.1. The second-order valence-corrected chi connectivity index (χ2v) is 5.82. The van der Waals surface area contributed by atoms with E-state index in [1.807, 2.05) is 0 Å². The molecule has 0 rings (SSSR count). The summed E-state index contributed by atoms with van der Waals surface area (Å²) in [6, 6.07) is 0. The molecule has 0 saturated carbocycles. The minimum absolute atomic E-state index is 0.774. The van der Waals surface area contributed by atoms with Crippen LogP contribution >= 0.6 is 0 Å². The molecule has 96 valence electrons. The summed E-state index contributed by atoms with van der Waals surface area (Å²) in [7, 11) is 0. The maximum absolute atomic E-state index is 2.42. The second kappa shape index (κ2) is 9.93. The summed E-state index contributed by atoms with van der Waals surface area (Å²) in [4.78, 5) is 0. The molecule has 0 saturated heterocycles. The van der Waals surface area contributed by atoms with Crippen molar-refractivity contribution in [3.05, 3.63) is 12.2 Å². The summed E-state index contributed by atoms with van der Waals surface area (Å²) in [5.41, 5.74) is 0. The average molecular weight is 224 g/mol. The van der Waals surface area contributed by atoms with Gasteiger partial charge in [-0.2, -0.15) is 0 Å². The molecule has 0 fully saturated rings. The maximum Gasteiger partial charge on any atom is -0.0262 e. The Kier molecular flexibility index (Phi) is 9.77. The molecule has 0 aliphatic rings. The molecule has 0 heterocycles. The normalized spacial score (nSPS) is 15.9. The van der Waals surface area contributed by atoms with Gasteiger partial charge in [0.1, 0.15) is 0 Å². The molecule has 0 radical (unpaired) electrons. The van der Waals surface area contributed by atoms with E-state index in [-0.39, 0.29) is 0 Å². The van der Waals surface area contributed by atoms with E-state index in [1.165, 1.54) is 38.5 Å². The van der Waals surface area contributed by atoms with Crippen LogP contribution in [0.5, 0.6) is 0 Å². The van der Waals surface area contributed by atoms with Gasteiger partial charge in [0.25, 0.3) is 0 Å². The van der Waals surface area contributed by atoms with Crippen molar-refractivity contribution < 1.29 is 0 Å². The summed E-state index contributed by atoms with van der Waals surface area (Å²) in [6.45, 7) is 11.6. The molecule has 2 unspecified atom stereocenters. The third kappa shape index (κ3) is 10.3. The molecule has 16 heavy (non-hydrogen) atoms. The highest BCUT2D eigenvalue weighted by atomic mass is 14.1. The highest BCUT2D eigenvalue weighted by Crippen LogP contribution is 2.16. The molecule has 0 aliphatic heterocycles. The Morgan fingerprint density at radius 2 is 1.62 bits per heavy atom. The fraction of sp³-hybridized carbons (Fsp3) is 0.875. The van der Waals surface area contributed by atoms with Gasteiger partial charge in [0.05, 0.1) is 0 Å². The second-order valence-electron chi connectivity index (χ2n) is 5.82. The van der Waals surface area contributed by atoms with Crippen molar-refractivity contribution in [3.63, 3.8) is 0 Å². The molecule has 0 heteroatoms. The first-order valence-corrected chi connectivity index (χ1v) is 7.22. The lowest BCUT2D eigenvalue weighted by atomic mass is 9.96. The van der Waals surface area contributed by atoms with Crippen molar-refractivity contribution in [2.75, 3.05) is 0 Å². The highest BCUT2D eigenvalue weighted by molar-refractivity contribution is 4.86. The lowest BCUT2D eigenvalue weighted by Gasteiger charge is -2.10. The van der Waals surface area contributed by atoms with Crippen molar-refractivity contribution in [2.24, 2.45) is 17.8 Å². The van der Waals surface area contributed by atoms with Crippen LogP contribution < -0.4 is 0 Å². The maximum atomic E-state index is 2.42. The largest absolute Gasteiger partial charge is 0.0883 e. The molecule has 0 aliphatic carbocycles. The van der Waals surface area contributed by atoms with Crippen LogP contribution in [0.1, 0.15) is 73.1 Å². The van der Waals surface area contributed by atoms with Gasteiger partial charge < -0.3 is 0 Å². The van der Waals surface area contributed by atoms with Crippen LogP contribution in [0.3, 0.4) is 0 Å². The van der Waals surface area contributed by atoms with E-state index >= 15 is 0 Å². The van der Waals surface area contributed by atoms with Crippen molar-refractivity contribution >= 4 is 0 Å². The van der Waals surface area contributed by atoms with Gasteiger partial charge in [0, 0.05) is 0 Å². The third-order valence-corrected chi connectivity index (χ3v) is 3.43. The fourth-order valence-corrected chi connectivity index (χ4v) is 1.85. The Bertz CT molecular complexity index is 167. The van der Waals surface area contributed by atoms with E-state index in [1.54, 1.807) is 0 Å². The topological polar surface area (TPSA) is 0 Å². The quantitative estimate of drug-likeness (QED) is 0.432. The van der Waals surface area contributed by atoms with Gasteiger partial charge in [0.2, 0.25) is 0 Å². The molecular weight excluding hydrogens is 192 g/mol. The number of hydrogen-bond donors (Lipinski definition) is 0. The Hall–Kier alpha value is -0.260. The SMILES string of the molecule is CCC(C)CCCC(C)C=CCCC(C)C. The third-order valence-electron chi connectivity index (χ3n) is 3.43. The molecule has 0 spiro atoms. The summed E-state index contributed by atoms with van der Waals surface area (Å²) in [5.74, 6) is 2.53. The van der Waals surface area contributed by atoms with Gasteiger partial charge >= 0.3 is 0 Å². The Morgan fingerprint density at radius 3 is 2.19 bits per heavy atom. The van der Waals surface area contributed by atoms with Crippen LogP contribution in [0.15, 0.2) is 12.2 Å². The first-order valence-electron chi connectivity index (χ1n) is 7.22. The summed E-state index contributed by atoms with van der Waals surface area (Å²) in [5, 5.41) is 0. The average Bonchev–Trinajstić information content (AvgIpc) is 2.24. The standard InChI is InChI=1S/C16H32/c1-6-15(4)12-9-13-16(5)11-8-7-10-14(2)3/h8,11,14-16H,6-7,9-10,12-13H2,1-5H3. The smallest absolute Gasteiger partial charge is 0.0262 e. The van der Waals surface area contributed by atoms with Crippen LogP contribution in [0.25, 0.3) is 0 Å². The molecule has 0 aromatic carbocycles. The molecule has 0 bridgehead atoms. The lowest BCUT2D eigenvalue weighted by molar-refractivity contribution is 0.462. The number of hydrogen-bond acceptors (Lipinski definition) is 0. The zero-order chi connectivity index (χ0) is 12.4. The van der Waals surface area contributed by atoms with E-state index in [0.717, 1.165) is 17.8 Å². The summed E-state index contributed by atoms with van der Waals surface area (Å²) >= 11 is 0. The van der Waals surface area contributed by atoms with Gasteiger partial charge in [-0.15, -0.1) is 0 Å². The van der Waals surface area contributed by atoms with E-state index in [0.29, 0.717) is 0 Å². The van der Waals surface area contributed by atoms with Gasteiger partial charge in [-0.1, -0.05) is 66.0 Å². The molecule has 2 atom stereocenters. The van der Waals surface area contributed by atoms with Crippen molar-refractivity contribution in [1.82, 2.24) is 0 Å².